The molecule has 0 aliphatic carbocycles. The zero-order valence-electron chi connectivity index (χ0n) is 8.62. The molecule has 5 heteroatoms. The number of carbonyl (C=O) groups excluding carboxylic acids is 2. The van der Waals surface area contributed by atoms with Gasteiger partial charge in [0, 0.05) is 25.2 Å². The lowest BCUT2D eigenvalue weighted by molar-refractivity contribution is -0.121. The molecule has 1 rings (SSSR count). The Hall–Kier alpha value is -1.65. The topological polar surface area (TPSA) is 74.8 Å². The second-order valence-corrected chi connectivity index (χ2v) is 3.17. The first-order chi connectivity index (χ1) is 7.26. The van der Waals surface area contributed by atoms with E-state index < -0.39 is 6.04 Å². The summed E-state index contributed by atoms with van der Waals surface area (Å²) in [6, 6.07) is -0.539. The van der Waals surface area contributed by atoms with Gasteiger partial charge in [0.25, 0.3) is 0 Å². The Morgan fingerprint density at radius 1 is 1.73 bits per heavy atom. The van der Waals surface area contributed by atoms with E-state index in [2.05, 4.69) is 15.3 Å². The van der Waals surface area contributed by atoms with Crippen molar-refractivity contribution < 1.29 is 9.59 Å². The molecule has 1 aromatic heterocycles. The molecule has 0 aliphatic rings. The number of amides is 1. The second-order valence-electron chi connectivity index (χ2n) is 3.17. The number of aromatic amines is 1. The lowest BCUT2D eigenvalue weighted by atomic mass is 10.1. The molecular weight excluding hydrogens is 194 g/mol. The summed E-state index contributed by atoms with van der Waals surface area (Å²) in [5.74, 6) is 0.670. The van der Waals surface area contributed by atoms with Gasteiger partial charge in [-0.05, 0) is 6.42 Å². The van der Waals surface area contributed by atoms with E-state index in [-0.39, 0.29) is 5.91 Å². The van der Waals surface area contributed by atoms with Crippen LogP contribution in [-0.2, 0) is 16.0 Å². The molecule has 1 atom stereocenters. The van der Waals surface area contributed by atoms with Crippen molar-refractivity contribution in [2.24, 2.45) is 0 Å². The van der Waals surface area contributed by atoms with Crippen molar-refractivity contribution in [2.45, 2.75) is 32.2 Å². The molecule has 0 saturated heterocycles. The standard InChI is InChI=1S/C10H14N3O2/c1-2-10(15)13-8(7-14)3-4-9-11-5-6-12-9/h5-6,8H,2-4H2,1H3,(H,11,12)(H,13,15). The number of rotatable bonds is 6. The maximum atomic E-state index is 11.0. The first kappa shape index (κ1) is 11.4. The molecule has 1 heterocycles. The van der Waals surface area contributed by atoms with E-state index in [1.807, 2.05) is 0 Å². The van der Waals surface area contributed by atoms with Crippen LogP contribution in [0.5, 0.6) is 0 Å². The van der Waals surface area contributed by atoms with Gasteiger partial charge in [-0.25, -0.2) is 4.98 Å². The van der Waals surface area contributed by atoms with Crippen LogP contribution in [0.4, 0.5) is 0 Å². The normalized spacial score (nSPS) is 12.1. The average Bonchev–Trinajstić information content (AvgIpc) is 2.76. The predicted molar refractivity (Wildman–Crippen MR) is 54.8 cm³/mol. The van der Waals surface area contributed by atoms with Gasteiger partial charge in [0.05, 0.1) is 6.04 Å². The molecule has 81 valence electrons. The van der Waals surface area contributed by atoms with Crippen LogP contribution in [0.15, 0.2) is 12.4 Å². The van der Waals surface area contributed by atoms with Gasteiger partial charge < -0.3 is 10.3 Å². The molecule has 1 amide bonds. The highest BCUT2D eigenvalue weighted by atomic mass is 16.2. The summed E-state index contributed by atoms with van der Waals surface area (Å²) in [7, 11) is 0. The van der Waals surface area contributed by atoms with E-state index in [0.717, 1.165) is 5.82 Å². The number of hydrogen-bond donors (Lipinski definition) is 2. The van der Waals surface area contributed by atoms with Crippen molar-refractivity contribution in [3.63, 3.8) is 0 Å². The van der Waals surface area contributed by atoms with Crippen LogP contribution in [0, 0.1) is 0 Å². The lowest BCUT2D eigenvalue weighted by Gasteiger charge is -2.09. The summed E-state index contributed by atoms with van der Waals surface area (Å²) in [6.45, 7) is 1.74. The van der Waals surface area contributed by atoms with Crippen molar-refractivity contribution in [1.29, 1.82) is 0 Å². The first-order valence-corrected chi connectivity index (χ1v) is 4.91. The molecule has 0 saturated carbocycles. The van der Waals surface area contributed by atoms with Crippen LogP contribution in [0.2, 0.25) is 0 Å². The van der Waals surface area contributed by atoms with Crippen molar-refractivity contribution >= 4 is 12.2 Å². The molecule has 1 aromatic rings. The molecule has 1 unspecified atom stereocenters. The summed E-state index contributed by atoms with van der Waals surface area (Å²) in [5, 5.41) is 2.57. The van der Waals surface area contributed by atoms with Crippen molar-refractivity contribution in [3.05, 3.63) is 18.2 Å². The average molecular weight is 208 g/mol. The molecule has 2 N–H and O–H groups in total. The van der Waals surface area contributed by atoms with Crippen molar-refractivity contribution in [2.75, 3.05) is 0 Å². The van der Waals surface area contributed by atoms with Gasteiger partial charge in [-0.2, -0.15) is 0 Å². The molecule has 0 aliphatic heterocycles. The number of carbonyl (C=O) groups is 1. The zero-order valence-corrected chi connectivity index (χ0v) is 8.62. The highest BCUT2D eigenvalue weighted by Gasteiger charge is 2.11. The summed E-state index contributed by atoms with van der Waals surface area (Å²) in [4.78, 5) is 28.5. The number of hydrogen-bond acceptors (Lipinski definition) is 3. The predicted octanol–water partition coefficient (Wildman–Crippen LogP) is 0.347. The fraction of sp³-hybridized carbons (Fsp3) is 0.500. The Labute approximate surface area is 88.3 Å². The number of imidazole rings is 1. The quantitative estimate of drug-likeness (QED) is 0.708. The minimum absolute atomic E-state index is 0.136. The molecule has 0 bridgehead atoms. The number of H-pyrrole nitrogens is 1. The number of aromatic nitrogens is 2. The minimum Gasteiger partial charge on any atom is -0.349 e. The third kappa shape index (κ3) is 3.93. The lowest BCUT2D eigenvalue weighted by Crippen LogP contribution is -2.35. The SMILES string of the molecule is CCC(=O)NC([C]=O)CCc1ncc[nH]1. The van der Waals surface area contributed by atoms with E-state index in [1.54, 1.807) is 25.6 Å². The second kappa shape index (κ2) is 5.95. The van der Waals surface area contributed by atoms with Crippen LogP contribution in [0.3, 0.4) is 0 Å². The Kier molecular flexibility index (Phi) is 4.53. The van der Waals surface area contributed by atoms with Gasteiger partial charge in [-0.3, -0.25) is 9.59 Å². The Balaban J connectivity index is 2.34. The molecule has 0 spiro atoms. The summed E-state index contributed by atoms with van der Waals surface area (Å²) < 4.78 is 0. The van der Waals surface area contributed by atoms with Crippen LogP contribution >= 0.6 is 0 Å². The van der Waals surface area contributed by atoms with Crippen molar-refractivity contribution in [3.8, 4) is 0 Å². The third-order valence-electron chi connectivity index (χ3n) is 2.02. The largest absolute Gasteiger partial charge is 0.349 e. The Bertz CT molecular complexity index is 308. The maximum Gasteiger partial charge on any atom is 0.222 e. The van der Waals surface area contributed by atoms with Gasteiger partial charge in [0.1, 0.15) is 5.82 Å². The van der Waals surface area contributed by atoms with Gasteiger partial charge in [0.2, 0.25) is 12.2 Å². The third-order valence-corrected chi connectivity index (χ3v) is 2.02. The summed E-state index contributed by atoms with van der Waals surface area (Å²) >= 11 is 0. The minimum atomic E-state index is -0.539. The number of nitrogens with one attached hydrogen (secondary N) is 2. The summed E-state index contributed by atoms with van der Waals surface area (Å²) in [5.41, 5.74) is 0. The number of nitrogens with zero attached hydrogens (tertiary/aromatic N) is 1. The van der Waals surface area contributed by atoms with Crippen LogP contribution < -0.4 is 5.32 Å². The van der Waals surface area contributed by atoms with E-state index in [9.17, 15) is 9.59 Å². The van der Waals surface area contributed by atoms with Crippen LogP contribution in [0.25, 0.3) is 0 Å². The molecule has 15 heavy (non-hydrogen) atoms. The fourth-order valence-corrected chi connectivity index (χ4v) is 1.17. The van der Waals surface area contributed by atoms with Gasteiger partial charge in [-0.15, -0.1) is 0 Å². The molecule has 0 fully saturated rings. The van der Waals surface area contributed by atoms with E-state index in [1.165, 1.54) is 0 Å². The Morgan fingerprint density at radius 2 is 2.53 bits per heavy atom. The Morgan fingerprint density at radius 3 is 3.07 bits per heavy atom. The monoisotopic (exact) mass is 208 g/mol. The molecule has 5 nitrogen and oxygen atoms in total. The van der Waals surface area contributed by atoms with E-state index >= 15 is 0 Å². The highest BCUT2D eigenvalue weighted by molar-refractivity contribution is 5.79. The molecule has 1 radical (unpaired) electrons. The van der Waals surface area contributed by atoms with Crippen LogP contribution in [0.1, 0.15) is 25.6 Å². The zero-order chi connectivity index (χ0) is 11.1. The van der Waals surface area contributed by atoms with E-state index in [4.69, 9.17) is 0 Å². The van der Waals surface area contributed by atoms with E-state index in [0.29, 0.717) is 19.3 Å². The van der Waals surface area contributed by atoms with Gasteiger partial charge in [-0.1, -0.05) is 6.92 Å². The highest BCUT2D eigenvalue weighted by Crippen LogP contribution is 1.98. The smallest absolute Gasteiger partial charge is 0.222 e. The first-order valence-electron chi connectivity index (χ1n) is 4.91. The summed E-state index contributed by atoms with van der Waals surface area (Å²) in [6.07, 6.45) is 6.69. The molecule has 0 aromatic carbocycles. The van der Waals surface area contributed by atoms with Crippen LogP contribution in [-0.4, -0.2) is 28.2 Å². The van der Waals surface area contributed by atoms with Gasteiger partial charge >= 0.3 is 0 Å². The fourth-order valence-electron chi connectivity index (χ4n) is 1.17. The van der Waals surface area contributed by atoms with Gasteiger partial charge in [0.15, 0.2) is 0 Å². The number of aryl methyl sites for hydroxylation is 1. The molecular formula is C10H14N3O2. The maximum absolute atomic E-state index is 11.0. The van der Waals surface area contributed by atoms with Crippen molar-refractivity contribution in [1.82, 2.24) is 15.3 Å².